The van der Waals surface area contributed by atoms with Crippen LogP contribution < -0.4 is 9.64 Å². The minimum Gasteiger partial charge on any atom is -0.493 e. The van der Waals surface area contributed by atoms with Gasteiger partial charge in [-0.2, -0.15) is 18.4 Å². The third kappa shape index (κ3) is 3.71. The molecule has 0 spiro atoms. The number of carbonyl (C=O) groups excluding carboxylic acids is 2. The van der Waals surface area contributed by atoms with Gasteiger partial charge in [-0.05, 0) is 78.8 Å². The van der Waals surface area contributed by atoms with Crippen molar-refractivity contribution < 1.29 is 32.2 Å². The molecule has 4 atom stereocenters. The number of rotatable bonds is 5. The van der Waals surface area contributed by atoms with Crippen LogP contribution >= 0.6 is 22.6 Å². The summed E-state index contributed by atoms with van der Waals surface area (Å²) in [4.78, 5) is 27.7. The number of imide groups is 1. The molecule has 0 N–H and O–H groups in total. The second kappa shape index (κ2) is 8.20. The fourth-order valence-corrected chi connectivity index (χ4v) is 6.20. The van der Waals surface area contributed by atoms with Gasteiger partial charge in [0.15, 0.2) is 0 Å². The summed E-state index contributed by atoms with van der Waals surface area (Å²) in [6.45, 7) is 1.96. The van der Waals surface area contributed by atoms with E-state index in [2.05, 4.69) is 22.6 Å². The molecule has 6 nitrogen and oxygen atoms in total. The maximum atomic E-state index is 13.9. The van der Waals surface area contributed by atoms with Crippen molar-refractivity contribution in [1.29, 1.82) is 5.26 Å². The van der Waals surface area contributed by atoms with E-state index in [1.54, 1.807) is 6.92 Å². The fourth-order valence-electron chi connectivity index (χ4n) is 5.84. The number of hydrogen-bond acceptors (Lipinski definition) is 5. The van der Waals surface area contributed by atoms with Crippen LogP contribution in [0.25, 0.3) is 0 Å². The van der Waals surface area contributed by atoms with Gasteiger partial charge < -0.3 is 9.47 Å². The Hall–Kier alpha value is -2.65. The van der Waals surface area contributed by atoms with Gasteiger partial charge in [-0.25, -0.2) is 4.90 Å². The maximum absolute atomic E-state index is 13.9. The fraction of sp³-hybridized carbons (Fsp3) is 0.400. The van der Waals surface area contributed by atoms with E-state index in [-0.39, 0.29) is 6.61 Å². The smallest absolute Gasteiger partial charge is 0.419 e. The van der Waals surface area contributed by atoms with Crippen LogP contribution in [0, 0.1) is 26.7 Å². The molecule has 5 rings (SSSR count). The third-order valence-corrected chi connectivity index (χ3v) is 8.03. The van der Waals surface area contributed by atoms with Crippen LogP contribution in [0.2, 0.25) is 0 Å². The largest absolute Gasteiger partial charge is 0.493 e. The molecule has 10 heteroatoms. The van der Waals surface area contributed by atoms with E-state index in [1.807, 2.05) is 24.3 Å². The van der Waals surface area contributed by atoms with E-state index in [9.17, 15) is 28.0 Å². The second-order valence-electron chi connectivity index (χ2n) is 9.31. The number of nitriles is 1. The molecular weight excluding hydrogens is 576 g/mol. The highest BCUT2D eigenvalue weighted by molar-refractivity contribution is 14.1. The molecule has 0 saturated carbocycles. The highest BCUT2D eigenvalue weighted by Gasteiger charge is 2.74. The first-order valence-electron chi connectivity index (χ1n) is 11.1. The minimum atomic E-state index is -4.92. The van der Waals surface area contributed by atoms with Crippen molar-refractivity contribution in [1.82, 2.24) is 0 Å². The van der Waals surface area contributed by atoms with Crippen LogP contribution in [0.15, 0.2) is 42.5 Å². The van der Waals surface area contributed by atoms with Crippen LogP contribution in [-0.2, 0) is 20.5 Å². The zero-order chi connectivity index (χ0) is 25.2. The van der Waals surface area contributed by atoms with Crippen molar-refractivity contribution in [3.8, 4) is 11.8 Å². The Bertz CT molecular complexity index is 1260. The lowest BCUT2D eigenvalue weighted by Gasteiger charge is -2.31. The molecule has 3 fully saturated rings. The molecule has 0 radical (unpaired) electrons. The third-order valence-electron chi connectivity index (χ3n) is 7.31. The van der Waals surface area contributed by atoms with Gasteiger partial charge in [0.05, 0.1) is 52.5 Å². The predicted octanol–water partition coefficient (Wildman–Crippen LogP) is 5.08. The van der Waals surface area contributed by atoms with Crippen molar-refractivity contribution in [2.24, 2.45) is 11.8 Å². The first-order chi connectivity index (χ1) is 16.5. The number of ether oxygens (including phenoxy) is 2. The van der Waals surface area contributed by atoms with Gasteiger partial charge in [-0.15, -0.1) is 0 Å². The van der Waals surface area contributed by atoms with Crippen LogP contribution in [0.5, 0.6) is 5.75 Å². The maximum Gasteiger partial charge on any atom is 0.419 e. The molecule has 2 aromatic carbocycles. The Labute approximate surface area is 213 Å². The van der Waals surface area contributed by atoms with E-state index in [1.165, 1.54) is 12.1 Å². The Balaban J connectivity index is 1.47. The molecule has 3 aliphatic heterocycles. The summed E-state index contributed by atoms with van der Waals surface area (Å²) in [5.74, 6) is -2.60. The second-order valence-corrected chi connectivity index (χ2v) is 10.6. The van der Waals surface area contributed by atoms with Crippen LogP contribution in [0.1, 0.15) is 37.3 Å². The first-order valence-corrected chi connectivity index (χ1v) is 12.2. The molecular formula is C25H20F3IN2O4. The number of nitrogens with zero attached hydrogens (tertiary/aromatic N) is 2. The van der Waals surface area contributed by atoms with Crippen LogP contribution in [0.3, 0.4) is 0 Å². The lowest BCUT2D eigenvalue weighted by Crippen LogP contribution is -2.43. The van der Waals surface area contributed by atoms with Crippen molar-refractivity contribution in [3.05, 3.63) is 57.2 Å². The van der Waals surface area contributed by atoms with E-state index in [4.69, 9.17) is 9.47 Å². The summed E-state index contributed by atoms with van der Waals surface area (Å²) < 4.78 is 55.0. The Morgan fingerprint density at radius 1 is 1.14 bits per heavy atom. The van der Waals surface area contributed by atoms with Gasteiger partial charge in [-0.3, -0.25) is 9.59 Å². The van der Waals surface area contributed by atoms with Gasteiger partial charge in [0.2, 0.25) is 11.8 Å². The van der Waals surface area contributed by atoms with E-state index < -0.39 is 57.8 Å². The molecule has 3 saturated heterocycles. The van der Waals surface area contributed by atoms with Gasteiger partial charge in [0.25, 0.3) is 0 Å². The standard InChI is InChI=1S/C25H20F3IN2O4/c1-23-9-10-24(35-23,11-12-34-16-7-5-15(29)6-8-16)20-19(23)21(32)31(22(20)33)17-4-2-3-14(13-30)18(17)25(26,27)28/h2-8,19-20H,9-12H2,1H3. The highest BCUT2D eigenvalue weighted by Crippen LogP contribution is 2.62. The van der Waals surface area contributed by atoms with E-state index in [0.29, 0.717) is 29.9 Å². The van der Waals surface area contributed by atoms with Crippen LogP contribution in [-0.4, -0.2) is 29.6 Å². The number of hydrogen-bond donors (Lipinski definition) is 0. The van der Waals surface area contributed by atoms with Gasteiger partial charge in [-0.1, -0.05) is 6.07 Å². The Morgan fingerprint density at radius 3 is 2.49 bits per heavy atom. The average molecular weight is 596 g/mol. The molecule has 3 heterocycles. The quantitative estimate of drug-likeness (QED) is 0.356. The summed E-state index contributed by atoms with van der Waals surface area (Å²) >= 11 is 2.18. The summed E-state index contributed by atoms with van der Waals surface area (Å²) in [5, 5.41) is 9.25. The molecule has 4 unspecified atom stereocenters. The zero-order valence-corrected chi connectivity index (χ0v) is 20.7. The Morgan fingerprint density at radius 2 is 1.83 bits per heavy atom. The Kier molecular flexibility index (Phi) is 5.64. The number of carbonyl (C=O) groups is 2. The van der Waals surface area contributed by atoms with Crippen molar-refractivity contribution in [3.63, 3.8) is 0 Å². The van der Waals surface area contributed by atoms with Crippen LogP contribution in [0.4, 0.5) is 18.9 Å². The zero-order valence-electron chi connectivity index (χ0n) is 18.6. The van der Waals surface area contributed by atoms with Crippen molar-refractivity contribution >= 4 is 40.1 Å². The topological polar surface area (TPSA) is 79.6 Å². The number of benzene rings is 2. The van der Waals surface area contributed by atoms with E-state index in [0.717, 1.165) is 15.7 Å². The molecule has 182 valence electrons. The highest BCUT2D eigenvalue weighted by atomic mass is 127. The summed E-state index contributed by atoms with van der Waals surface area (Å²) in [6.07, 6.45) is -3.60. The number of anilines is 1. The summed E-state index contributed by atoms with van der Waals surface area (Å²) in [5.41, 5.74) is -4.48. The molecule has 0 aromatic heterocycles. The first kappa shape index (κ1) is 24.1. The number of fused-ring (bicyclic) bond motifs is 5. The van der Waals surface area contributed by atoms with Crippen molar-refractivity contribution in [2.75, 3.05) is 11.5 Å². The summed E-state index contributed by atoms with van der Waals surface area (Å²) in [6, 6.07) is 12.3. The van der Waals surface area contributed by atoms with Gasteiger partial charge in [0.1, 0.15) is 5.75 Å². The van der Waals surface area contributed by atoms with Gasteiger partial charge >= 0.3 is 6.18 Å². The number of amides is 2. The van der Waals surface area contributed by atoms with Gasteiger partial charge in [0, 0.05) is 9.99 Å². The molecule has 2 bridgehead atoms. The molecule has 0 aliphatic carbocycles. The van der Waals surface area contributed by atoms with E-state index >= 15 is 0 Å². The summed E-state index contributed by atoms with van der Waals surface area (Å²) in [7, 11) is 0. The van der Waals surface area contributed by atoms with Crippen molar-refractivity contribution in [2.45, 2.75) is 43.6 Å². The number of halogens is 4. The predicted molar refractivity (Wildman–Crippen MR) is 126 cm³/mol. The monoisotopic (exact) mass is 596 g/mol. The molecule has 2 amide bonds. The average Bonchev–Trinajstić information content (AvgIpc) is 3.38. The molecule has 3 aliphatic rings. The minimum absolute atomic E-state index is 0.221. The lowest BCUT2D eigenvalue weighted by atomic mass is 9.67. The SMILES string of the molecule is CC12CCC(CCOc3ccc(I)cc3)(O1)C1C(=O)N(c3cccc(C#N)c3C(F)(F)F)C(=O)C12. The molecule has 35 heavy (non-hydrogen) atoms. The molecule has 2 aromatic rings. The normalized spacial score (nSPS) is 29.4. The lowest BCUT2D eigenvalue weighted by molar-refractivity contribution is -0.137. The number of alkyl halides is 3.